The molecule has 0 bridgehead atoms. The molecule has 2 N–H and O–H groups in total. The fourth-order valence-corrected chi connectivity index (χ4v) is 2.91. The first-order valence-electron chi connectivity index (χ1n) is 9.05. The Bertz CT molecular complexity index is 687. The van der Waals surface area contributed by atoms with E-state index in [1.165, 1.54) is 0 Å². The van der Waals surface area contributed by atoms with Gasteiger partial charge in [-0.3, -0.25) is 9.67 Å². The van der Waals surface area contributed by atoms with Crippen LogP contribution >= 0.6 is 24.0 Å². The first-order chi connectivity index (χ1) is 12.9. The minimum absolute atomic E-state index is 0. The van der Waals surface area contributed by atoms with Gasteiger partial charge in [-0.05, 0) is 18.6 Å². The highest BCUT2D eigenvalue weighted by atomic mass is 127. The van der Waals surface area contributed by atoms with Crippen molar-refractivity contribution in [2.24, 2.45) is 4.99 Å². The quantitative estimate of drug-likeness (QED) is 0.268. The summed E-state index contributed by atoms with van der Waals surface area (Å²) in [5, 5.41) is 10.9. The molecule has 3 rings (SSSR count). The molecule has 1 saturated heterocycles. The van der Waals surface area contributed by atoms with Crippen molar-refractivity contribution < 1.29 is 4.74 Å². The van der Waals surface area contributed by atoms with E-state index in [0.29, 0.717) is 6.54 Å². The molecule has 9 heteroatoms. The zero-order valence-electron chi connectivity index (χ0n) is 15.7. The lowest BCUT2D eigenvalue weighted by atomic mass is 10.2. The number of hydrogen-bond donors (Lipinski definition) is 2. The fourth-order valence-electron chi connectivity index (χ4n) is 2.91. The van der Waals surface area contributed by atoms with Crippen LogP contribution in [0.2, 0.25) is 0 Å². The Morgan fingerprint density at radius 2 is 2.07 bits per heavy atom. The summed E-state index contributed by atoms with van der Waals surface area (Å²) in [5.74, 6) is 1.82. The van der Waals surface area contributed by atoms with Gasteiger partial charge < -0.3 is 20.3 Å². The number of hydrogen-bond acceptors (Lipinski definition) is 5. The molecule has 3 heterocycles. The molecule has 27 heavy (non-hydrogen) atoms. The Morgan fingerprint density at radius 3 is 2.81 bits per heavy atom. The molecule has 0 unspecified atom stereocenters. The van der Waals surface area contributed by atoms with Crippen LogP contribution in [-0.2, 0) is 17.8 Å². The van der Waals surface area contributed by atoms with Gasteiger partial charge in [0.1, 0.15) is 5.82 Å². The van der Waals surface area contributed by atoms with Gasteiger partial charge in [0, 0.05) is 63.9 Å². The molecule has 2 aromatic heterocycles. The molecule has 1 fully saturated rings. The van der Waals surface area contributed by atoms with Crippen LogP contribution in [0.25, 0.3) is 0 Å². The lowest BCUT2D eigenvalue weighted by Crippen LogP contribution is -2.39. The van der Waals surface area contributed by atoms with Crippen molar-refractivity contribution in [2.75, 3.05) is 44.8 Å². The minimum atomic E-state index is 0. The maximum Gasteiger partial charge on any atom is 0.191 e. The SMILES string of the molecule is CN=C(NCCCn1cccn1)NCc1cccnc1N1CCOCC1.I. The van der Waals surface area contributed by atoms with Gasteiger partial charge in [0.05, 0.1) is 13.2 Å². The Hall–Kier alpha value is -1.88. The summed E-state index contributed by atoms with van der Waals surface area (Å²) in [5.41, 5.74) is 1.16. The van der Waals surface area contributed by atoms with Crippen molar-refractivity contribution >= 4 is 35.8 Å². The molecule has 0 aromatic carbocycles. The van der Waals surface area contributed by atoms with Crippen LogP contribution in [0.4, 0.5) is 5.82 Å². The van der Waals surface area contributed by atoms with E-state index in [-0.39, 0.29) is 24.0 Å². The number of guanidine groups is 1. The minimum Gasteiger partial charge on any atom is -0.378 e. The number of anilines is 1. The van der Waals surface area contributed by atoms with Crippen molar-refractivity contribution in [2.45, 2.75) is 19.5 Å². The summed E-state index contributed by atoms with van der Waals surface area (Å²) in [4.78, 5) is 11.1. The smallest absolute Gasteiger partial charge is 0.191 e. The Labute approximate surface area is 177 Å². The Balaban J connectivity index is 0.00000261. The summed E-state index contributed by atoms with van der Waals surface area (Å²) >= 11 is 0. The number of aromatic nitrogens is 3. The van der Waals surface area contributed by atoms with E-state index in [1.54, 1.807) is 13.2 Å². The van der Waals surface area contributed by atoms with Gasteiger partial charge in [-0.15, -0.1) is 24.0 Å². The summed E-state index contributed by atoms with van der Waals surface area (Å²) in [6.07, 6.45) is 6.60. The predicted octanol–water partition coefficient (Wildman–Crippen LogP) is 1.49. The average molecular weight is 485 g/mol. The van der Waals surface area contributed by atoms with E-state index in [1.807, 2.05) is 29.2 Å². The molecule has 2 aromatic rings. The Morgan fingerprint density at radius 1 is 1.22 bits per heavy atom. The molecule has 0 amide bonds. The lowest BCUT2D eigenvalue weighted by Gasteiger charge is -2.29. The summed E-state index contributed by atoms with van der Waals surface area (Å²) in [6, 6.07) is 6.02. The normalized spacial score (nSPS) is 14.6. The van der Waals surface area contributed by atoms with Gasteiger partial charge in [0.2, 0.25) is 0 Å². The van der Waals surface area contributed by atoms with Crippen LogP contribution in [0, 0.1) is 0 Å². The number of halogens is 1. The maximum absolute atomic E-state index is 5.44. The number of pyridine rings is 1. The van der Waals surface area contributed by atoms with Gasteiger partial charge in [0.15, 0.2) is 5.96 Å². The zero-order chi connectivity index (χ0) is 18.0. The third-order valence-corrected chi connectivity index (χ3v) is 4.26. The van der Waals surface area contributed by atoms with Crippen LogP contribution < -0.4 is 15.5 Å². The van der Waals surface area contributed by atoms with E-state index in [0.717, 1.165) is 63.2 Å². The highest BCUT2D eigenvalue weighted by Crippen LogP contribution is 2.18. The monoisotopic (exact) mass is 485 g/mol. The van der Waals surface area contributed by atoms with E-state index < -0.39 is 0 Å². The number of aryl methyl sites for hydroxylation is 1. The van der Waals surface area contributed by atoms with Crippen LogP contribution in [0.1, 0.15) is 12.0 Å². The number of ether oxygens (including phenoxy) is 1. The lowest BCUT2D eigenvalue weighted by molar-refractivity contribution is 0.122. The average Bonchev–Trinajstić information content (AvgIpc) is 3.22. The topological polar surface area (TPSA) is 79.6 Å². The van der Waals surface area contributed by atoms with Gasteiger partial charge in [-0.25, -0.2) is 4.98 Å². The largest absolute Gasteiger partial charge is 0.378 e. The van der Waals surface area contributed by atoms with Crippen LogP contribution in [0.15, 0.2) is 41.8 Å². The van der Waals surface area contributed by atoms with Crippen LogP contribution in [0.3, 0.4) is 0 Å². The standard InChI is InChI=1S/C18H27N7O.HI/c1-19-18(21-7-3-9-25-10-4-8-23-25)22-15-16-5-2-6-20-17(16)24-11-13-26-14-12-24;/h2,4-6,8,10H,3,7,9,11-15H2,1H3,(H2,19,21,22);1H. The molecule has 148 valence electrons. The zero-order valence-corrected chi connectivity index (χ0v) is 18.0. The Kier molecular flexibility index (Phi) is 9.32. The maximum atomic E-state index is 5.44. The van der Waals surface area contributed by atoms with E-state index in [2.05, 4.69) is 36.7 Å². The molecule has 1 aliphatic rings. The number of nitrogens with one attached hydrogen (secondary N) is 2. The predicted molar refractivity (Wildman–Crippen MR) is 118 cm³/mol. The van der Waals surface area contributed by atoms with Crippen molar-refractivity contribution in [1.29, 1.82) is 0 Å². The van der Waals surface area contributed by atoms with Gasteiger partial charge >= 0.3 is 0 Å². The van der Waals surface area contributed by atoms with Gasteiger partial charge in [-0.2, -0.15) is 5.10 Å². The third kappa shape index (κ3) is 6.65. The second kappa shape index (κ2) is 11.8. The molecule has 8 nitrogen and oxygen atoms in total. The van der Waals surface area contributed by atoms with E-state index in [4.69, 9.17) is 4.74 Å². The number of rotatable bonds is 7. The van der Waals surface area contributed by atoms with Crippen molar-refractivity contribution in [1.82, 2.24) is 25.4 Å². The number of nitrogens with zero attached hydrogens (tertiary/aromatic N) is 5. The van der Waals surface area contributed by atoms with Gasteiger partial charge in [-0.1, -0.05) is 6.07 Å². The van der Waals surface area contributed by atoms with Crippen LogP contribution in [0.5, 0.6) is 0 Å². The molecule has 0 aliphatic carbocycles. The number of morpholine rings is 1. The second-order valence-corrected chi connectivity index (χ2v) is 6.06. The molecule has 0 radical (unpaired) electrons. The highest BCUT2D eigenvalue weighted by Gasteiger charge is 2.15. The first-order valence-corrected chi connectivity index (χ1v) is 9.05. The molecular formula is C18H28IN7O. The van der Waals surface area contributed by atoms with E-state index in [9.17, 15) is 0 Å². The van der Waals surface area contributed by atoms with Crippen molar-refractivity contribution in [3.05, 3.63) is 42.4 Å². The molecular weight excluding hydrogens is 457 g/mol. The second-order valence-electron chi connectivity index (χ2n) is 6.06. The summed E-state index contributed by atoms with van der Waals surface area (Å²) in [7, 11) is 1.79. The molecule has 0 saturated carbocycles. The molecule has 0 spiro atoms. The number of aliphatic imine (C=N–C) groups is 1. The van der Waals surface area contributed by atoms with Crippen molar-refractivity contribution in [3.63, 3.8) is 0 Å². The van der Waals surface area contributed by atoms with Crippen molar-refractivity contribution in [3.8, 4) is 0 Å². The molecule has 1 aliphatic heterocycles. The van der Waals surface area contributed by atoms with E-state index >= 15 is 0 Å². The summed E-state index contributed by atoms with van der Waals surface area (Å²) in [6.45, 7) is 5.67. The summed E-state index contributed by atoms with van der Waals surface area (Å²) < 4.78 is 7.37. The van der Waals surface area contributed by atoms with Gasteiger partial charge in [0.25, 0.3) is 0 Å². The molecule has 0 atom stereocenters. The fraction of sp³-hybridized carbons (Fsp3) is 0.500. The highest BCUT2D eigenvalue weighted by molar-refractivity contribution is 14.0. The third-order valence-electron chi connectivity index (χ3n) is 4.26. The van der Waals surface area contributed by atoms with Crippen LogP contribution in [-0.4, -0.2) is 60.6 Å². The first kappa shape index (κ1) is 21.4.